The van der Waals surface area contributed by atoms with Gasteiger partial charge in [0.15, 0.2) is 11.5 Å². The summed E-state index contributed by atoms with van der Waals surface area (Å²) >= 11 is 0. The van der Waals surface area contributed by atoms with E-state index >= 15 is 0 Å². The molecule has 5 aromatic rings. The number of aromatic nitrogens is 5. The van der Waals surface area contributed by atoms with E-state index in [1.54, 1.807) is 18.6 Å². The molecule has 0 radical (unpaired) electrons. The molecule has 0 amide bonds. The van der Waals surface area contributed by atoms with E-state index in [1.165, 1.54) is 0 Å². The van der Waals surface area contributed by atoms with Crippen LogP contribution in [0.3, 0.4) is 0 Å². The summed E-state index contributed by atoms with van der Waals surface area (Å²) in [6.45, 7) is 0. The SMILES string of the molecule is CNc1ccc(-n2c(-c3cccnc3N)nc3ccc(-c4cccnc4)nc32)cc1. The number of anilines is 2. The Bertz CT molecular complexity index is 1330. The molecule has 0 spiro atoms. The first-order chi connectivity index (χ1) is 14.7. The molecule has 0 aliphatic rings. The number of imidazole rings is 1. The molecule has 7 heteroatoms. The minimum absolute atomic E-state index is 0.424. The molecule has 7 nitrogen and oxygen atoms in total. The predicted octanol–water partition coefficient (Wildman–Crippen LogP) is 4.17. The van der Waals surface area contributed by atoms with E-state index in [4.69, 9.17) is 15.7 Å². The lowest BCUT2D eigenvalue weighted by Crippen LogP contribution is -2.02. The molecule has 4 aromatic heterocycles. The van der Waals surface area contributed by atoms with Gasteiger partial charge in [-0.05, 0) is 60.7 Å². The lowest BCUT2D eigenvalue weighted by molar-refractivity contribution is 1.07. The van der Waals surface area contributed by atoms with Crippen LogP contribution in [0.1, 0.15) is 0 Å². The number of nitrogens with zero attached hydrogens (tertiary/aromatic N) is 5. The summed E-state index contributed by atoms with van der Waals surface area (Å²) in [5.41, 5.74) is 12.2. The molecule has 0 aliphatic heterocycles. The Labute approximate surface area is 173 Å². The van der Waals surface area contributed by atoms with Gasteiger partial charge in [-0.2, -0.15) is 0 Å². The minimum atomic E-state index is 0.424. The van der Waals surface area contributed by atoms with Gasteiger partial charge in [0.25, 0.3) is 0 Å². The quantitative estimate of drug-likeness (QED) is 0.476. The first-order valence-corrected chi connectivity index (χ1v) is 9.53. The summed E-state index contributed by atoms with van der Waals surface area (Å²) in [4.78, 5) is 18.2. The molecular weight excluding hydrogens is 374 g/mol. The van der Waals surface area contributed by atoms with Gasteiger partial charge in [0.1, 0.15) is 11.3 Å². The van der Waals surface area contributed by atoms with E-state index < -0.39 is 0 Å². The molecule has 30 heavy (non-hydrogen) atoms. The minimum Gasteiger partial charge on any atom is -0.388 e. The van der Waals surface area contributed by atoms with Gasteiger partial charge < -0.3 is 11.1 Å². The van der Waals surface area contributed by atoms with Crippen LogP contribution in [0.4, 0.5) is 11.5 Å². The van der Waals surface area contributed by atoms with Crippen LogP contribution in [-0.2, 0) is 0 Å². The van der Waals surface area contributed by atoms with E-state index in [-0.39, 0.29) is 0 Å². The van der Waals surface area contributed by atoms with Crippen LogP contribution in [0, 0.1) is 0 Å². The zero-order valence-electron chi connectivity index (χ0n) is 16.3. The molecule has 0 atom stereocenters. The van der Waals surface area contributed by atoms with Crippen molar-refractivity contribution in [2.75, 3.05) is 18.1 Å². The number of nitrogens with one attached hydrogen (secondary N) is 1. The number of nitrogens with two attached hydrogens (primary N) is 1. The molecule has 146 valence electrons. The van der Waals surface area contributed by atoms with E-state index in [0.717, 1.165) is 39.4 Å². The molecule has 1 aromatic carbocycles. The topological polar surface area (TPSA) is 94.5 Å². The van der Waals surface area contributed by atoms with Crippen molar-refractivity contribution in [3.05, 3.63) is 79.3 Å². The first-order valence-electron chi connectivity index (χ1n) is 9.53. The van der Waals surface area contributed by atoms with Gasteiger partial charge in [0, 0.05) is 42.6 Å². The highest BCUT2D eigenvalue weighted by molar-refractivity contribution is 5.84. The highest BCUT2D eigenvalue weighted by Crippen LogP contribution is 2.31. The molecule has 5 rings (SSSR count). The first kappa shape index (κ1) is 17.8. The maximum absolute atomic E-state index is 6.18. The van der Waals surface area contributed by atoms with Crippen molar-refractivity contribution in [2.24, 2.45) is 0 Å². The zero-order valence-corrected chi connectivity index (χ0v) is 16.3. The summed E-state index contributed by atoms with van der Waals surface area (Å²) in [6.07, 6.45) is 5.22. The fraction of sp³-hybridized carbons (Fsp3) is 0.0435. The second-order valence-electron chi connectivity index (χ2n) is 6.78. The van der Waals surface area contributed by atoms with Crippen molar-refractivity contribution in [3.63, 3.8) is 0 Å². The van der Waals surface area contributed by atoms with Gasteiger partial charge in [0.2, 0.25) is 0 Å². The predicted molar refractivity (Wildman–Crippen MR) is 119 cm³/mol. The monoisotopic (exact) mass is 393 g/mol. The molecule has 0 fully saturated rings. The molecule has 3 N–H and O–H groups in total. The summed E-state index contributed by atoms with van der Waals surface area (Å²) in [7, 11) is 1.89. The van der Waals surface area contributed by atoms with Crippen LogP contribution in [0.2, 0.25) is 0 Å². The zero-order chi connectivity index (χ0) is 20.5. The summed E-state index contributed by atoms with van der Waals surface area (Å²) in [6, 6.07) is 19.7. The van der Waals surface area contributed by atoms with Gasteiger partial charge in [-0.25, -0.2) is 15.0 Å². The molecule has 0 aliphatic carbocycles. The van der Waals surface area contributed by atoms with E-state index in [1.807, 2.05) is 72.3 Å². The van der Waals surface area contributed by atoms with Gasteiger partial charge >= 0.3 is 0 Å². The number of rotatable bonds is 4. The van der Waals surface area contributed by atoms with Gasteiger partial charge in [-0.15, -0.1) is 0 Å². The van der Waals surface area contributed by atoms with Crippen LogP contribution < -0.4 is 11.1 Å². The molecule has 0 saturated carbocycles. The Hall–Kier alpha value is -4.26. The molecule has 0 saturated heterocycles. The van der Waals surface area contributed by atoms with Crippen LogP contribution in [0.15, 0.2) is 79.3 Å². The number of benzene rings is 1. The fourth-order valence-corrected chi connectivity index (χ4v) is 3.44. The number of hydrogen-bond acceptors (Lipinski definition) is 6. The van der Waals surface area contributed by atoms with Gasteiger partial charge in [-0.3, -0.25) is 9.55 Å². The van der Waals surface area contributed by atoms with Crippen molar-refractivity contribution in [3.8, 4) is 28.3 Å². The third-order valence-electron chi connectivity index (χ3n) is 4.96. The molecule has 0 unspecified atom stereocenters. The van der Waals surface area contributed by atoms with Crippen LogP contribution in [0.5, 0.6) is 0 Å². The number of pyridine rings is 3. The highest BCUT2D eigenvalue weighted by atomic mass is 15.1. The van der Waals surface area contributed by atoms with E-state index in [2.05, 4.69) is 15.3 Å². The lowest BCUT2D eigenvalue weighted by atomic mass is 10.2. The fourth-order valence-electron chi connectivity index (χ4n) is 3.44. The smallest absolute Gasteiger partial charge is 0.165 e. The van der Waals surface area contributed by atoms with Crippen molar-refractivity contribution < 1.29 is 0 Å². The summed E-state index contributed by atoms with van der Waals surface area (Å²) in [5, 5.41) is 3.15. The maximum atomic E-state index is 6.18. The Morgan fingerprint density at radius 3 is 2.47 bits per heavy atom. The molecular formula is C23H19N7. The number of hydrogen-bond donors (Lipinski definition) is 2. The van der Waals surface area contributed by atoms with Crippen LogP contribution in [-0.4, -0.2) is 31.6 Å². The second kappa shape index (κ2) is 7.29. The van der Waals surface area contributed by atoms with Crippen molar-refractivity contribution in [1.29, 1.82) is 0 Å². The van der Waals surface area contributed by atoms with E-state index in [0.29, 0.717) is 11.6 Å². The standard InChI is InChI=1S/C23H19N7/c1-25-16-6-8-17(9-7-16)30-22(18-5-3-13-27-21(18)24)29-20-11-10-19(28-23(20)30)15-4-2-12-26-14-15/h2-14,25H,1H3,(H2,24,27). The third-order valence-corrected chi connectivity index (χ3v) is 4.96. The molecule has 4 heterocycles. The number of nitrogen functional groups attached to an aromatic ring is 1. The Kier molecular flexibility index (Phi) is 4.33. The largest absolute Gasteiger partial charge is 0.388 e. The Morgan fingerprint density at radius 1 is 0.900 bits per heavy atom. The average Bonchev–Trinajstić information content (AvgIpc) is 3.18. The van der Waals surface area contributed by atoms with Crippen molar-refractivity contribution >= 4 is 22.7 Å². The van der Waals surface area contributed by atoms with Gasteiger partial charge in [0.05, 0.1) is 11.3 Å². The van der Waals surface area contributed by atoms with E-state index in [9.17, 15) is 0 Å². The van der Waals surface area contributed by atoms with Gasteiger partial charge in [-0.1, -0.05) is 0 Å². The summed E-state index contributed by atoms with van der Waals surface area (Å²) < 4.78 is 2.02. The molecule has 0 bridgehead atoms. The Balaban J connectivity index is 1.79. The van der Waals surface area contributed by atoms with Crippen molar-refractivity contribution in [1.82, 2.24) is 24.5 Å². The van der Waals surface area contributed by atoms with Crippen molar-refractivity contribution in [2.45, 2.75) is 0 Å². The highest BCUT2D eigenvalue weighted by Gasteiger charge is 2.18. The summed E-state index contributed by atoms with van der Waals surface area (Å²) in [5.74, 6) is 1.12. The Morgan fingerprint density at radius 2 is 1.73 bits per heavy atom. The normalized spacial score (nSPS) is 11.0. The van der Waals surface area contributed by atoms with Crippen LogP contribution in [0.25, 0.3) is 39.5 Å². The van der Waals surface area contributed by atoms with Crippen LogP contribution >= 0.6 is 0 Å². The average molecular weight is 393 g/mol. The lowest BCUT2D eigenvalue weighted by Gasteiger charge is -2.11. The maximum Gasteiger partial charge on any atom is 0.165 e. The third kappa shape index (κ3) is 3.02. The second-order valence-corrected chi connectivity index (χ2v) is 6.78. The number of fused-ring (bicyclic) bond motifs is 1.